The van der Waals surface area contributed by atoms with Crippen molar-refractivity contribution in [3.8, 4) is 0 Å². The predicted octanol–water partition coefficient (Wildman–Crippen LogP) is 3.47. The lowest BCUT2D eigenvalue weighted by Crippen LogP contribution is -2.23. The molecule has 1 unspecified atom stereocenters. The Bertz CT molecular complexity index is 565. The number of rotatable bonds is 3. The van der Waals surface area contributed by atoms with Crippen LogP contribution < -0.4 is 5.32 Å². The van der Waals surface area contributed by atoms with Gasteiger partial charge in [-0.2, -0.15) is 0 Å². The number of thiazole rings is 1. The summed E-state index contributed by atoms with van der Waals surface area (Å²) in [6, 6.07) is 7.53. The number of fused-ring (bicyclic) bond motifs is 1. The smallest absolute Gasteiger partial charge is 0.0969 e. The van der Waals surface area contributed by atoms with Crippen molar-refractivity contribution < 1.29 is 0 Å². The highest BCUT2D eigenvalue weighted by Gasteiger charge is 2.27. The molecule has 1 N–H and O–H groups in total. The van der Waals surface area contributed by atoms with Crippen LogP contribution in [-0.2, 0) is 6.42 Å². The molecule has 1 atom stereocenters. The molecule has 4 rings (SSSR count). The topological polar surface area (TPSA) is 24.9 Å². The average molecular weight is 258 g/mol. The first kappa shape index (κ1) is 10.9. The molecule has 0 spiro atoms. The van der Waals surface area contributed by atoms with Crippen LogP contribution in [0.15, 0.2) is 18.2 Å². The molecule has 1 saturated carbocycles. The van der Waals surface area contributed by atoms with E-state index in [2.05, 4.69) is 23.5 Å². The van der Waals surface area contributed by atoms with Crippen LogP contribution in [0.1, 0.15) is 42.2 Å². The van der Waals surface area contributed by atoms with Crippen molar-refractivity contribution in [2.45, 2.75) is 44.1 Å². The third kappa shape index (κ3) is 2.06. The lowest BCUT2D eigenvalue weighted by Gasteiger charge is -2.09. The van der Waals surface area contributed by atoms with E-state index in [-0.39, 0.29) is 0 Å². The Morgan fingerprint density at radius 2 is 2.22 bits per heavy atom. The summed E-state index contributed by atoms with van der Waals surface area (Å²) in [7, 11) is 0. The molecule has 1 aliphatic heterocycles. The average Bonchev–Trinajstić information content (AvgIpc) is 2.95. The van der Waals surface area contributed by atoms with Crippen LogP contribution in [0.5, 0.6) is 0 Å². The molecule has 1 aliphatic carbocycles. The molecule has 0 bridgehead atoms. The quantitative estimate of drug-likeness (QED) is 0.912. The zero-order chi connectivity index (χ0) is 11.9. The maximum atomic E-state index is 4.75. The monoisotopic (exact) mass is 258 g/mol. The second kappa shape index (κ2) is 4.32. The lowest BCUT2D eigenvalue weighted by atomic mass is 10.0. The van der Waals surface area contributed by atoms with Crippen molar-refractivity contribution in [2.24, 2.45) is 0 Å². The highest BCUT2D eigenvalue weighted by atomic mass is 32.1. The van der Waals surface area contributed by atoms with Crippen molar-refractivity contribution in [3.63, 3.8) is 0 Å². The van der Waals surface area contributed by atoms with Crippen LogP contribution in [-0.4, -0.2) is 17.6 Å². The van der Waals surface area contributed by atoms with E-state index in [1.807, 2.05) is 11.3 Å². The van der Waals surface area contributed by atoms with E-state index in [4.69, 9.17) is 4.98 Å². The van der Waals surface area contributed by atoms with Gasteiger partial charge in [0, 0.05) is 12.0 Å². The van der Waals surface area contributed by atoms with Gasteiger partial charge in [0.15, 0.2) is 0 Å². The minimum Gasteiger partial charge on any atom is -0.314 e. The molecule has 1 saturated heterocycles. The molecule has 3 heteroatoms. The summed E-state index contributed by atoms with van der Waals surface area (Å²) in [5.41, 5.74) is 2.66. The van der Waals surface area contributed by atoms with Crippen LogP contribution in [0.2, 0.25) is 0 Å². The van der Waals surface area contributed by atoms with Crippen LogP contribution >= 0.6 is 11.3 Å². The fourth-order valence-electron chi connectivity index (χ4n) is 2.83. The fraction of sp³-hybridized carbons (Fsp3) is 0.533. The summed E-state index contributed by atoms with van der Waals surface area (Å²) >= 11 is 1.91. The first-order valence-corrected chi connectivity index (χ1v) is 7.83. The van der Waals surface area contributed by atoms with Crippen molar-refractivity contribution in [1.29, 1.82) is 0 Å². The maximum Gasteiger partial charge on any atom is 0.0969 e. The zero-order valence-electron chi connectivity index (χ0n) is 10.5. The van der Waals surface area contributed by atoms with Gasteiger partial charge in [0.25, 0.3) is 0 Å². The van der Waals surface area contributed by atoms with Crippen molar-refractivity contribution in [2.75, 3.05) is 6.54 Å². The lowest BCUT2D eigenvalue weighted by molar-refractivity contribution is 0.603. The second-order valence-corrected chi connectivity index (χ2v) is 6.69. The number of nitrogens with one attached hydrogen (secondary N) is 1. The van der Waals surface area contributed by atoms with E-state index < -0.39 is 0 Å². The van der Waals surface area contributed by atoms with Crippen molar-refractivity contribution >= 4 is 21.6 Å². The third-order valence-corrected chi connectivity index (χ3v) is 5.22. The Morgan fingerprint density at radius 3 is 3.00 bits per heavy atom. The van der Waals surface area contributed by atoms with E-state index in [1.165, 1.54) is 59.4 Å². The maximum absolute atomic E-state index is 4.75. The molecular weight excluding hydrogens is 240 g/mol. The minimum absolute atomic E-state index is 0.693. The molecule has 2 heterocycles. The molecular formula is C15H18N2S. The molecule has 2 fully saturated rings. The number of benzene rings is 1. The highest BCUT2D eigenvalue weighted by Crippen LogP contribution is 2.43. The van der Waals surface area contributed by atoms with Gasteiger partial charge < -0.3 is 5.32 Å². The van der Waals surface area contributed by atoms with Gasteiger partial charge in [-0.1, -0.05) is 6.07 Å². The molecule has 1 aromatic carbocycles. The number of aromatic nitrogens is 1. The molecule has 18 heavy (non-hydrogen) atoms. The molecule has 2 nitrogen and oxygen atoms in total. The third-order valence-electron chi connectivity index (χ3n) is 4.04. The number of nitrogens with zero attached hydrogens (tertiary/aromatic N) is 1. The first-order valence-electron chi connectivity index (χ1n) is 7.01. The van der Waals surface area contributed by atoms with Crippen molar-refractivity contribution in [3.05, 3.63) is 28.8 Å². The zero-order valence-corrected chi connectivity index (χ0v) is 11.3. The number of hydrogen-bond donors (Lipinski definition) is 1. The van der Waals surface area contributed by atoms with E-state index in [0.717, 1.165) is 5.92 Å². The van der Waals surface area contributed by atoms with Crippen molar-refractivity contribution in [1.82, 2.24) is 10.3 Å². The Hall–Kier alpha value is -0.930. The van der Waals surface area contributed by atoms with Gasteiger partial charge in [0.2, 0.25) is 0 Å². The van der Waals surface area contributed by atoms with Crippen LogP contribution in [0.4, 0.5) is 0 Å². The van der Waals surface area contributed by atoms with E-state index in [1.54, 1.807) is 0 Å². The molecule has 0 amide bonds. The van der Waals surface area contributed by atoms with Crippen LogP contribution in [0.3, 0.4) is 0 Å². The fourth-order valence-corrected chi connectivity index (χ4v) is 4.03. The van der Waals surface area contributed by atoms with Gasteiger partial charge in [0.05, 0.1) is 15.2 Å². The summed E-state index contributed by atoms with van der Waals surface area (Å²) in [5, 5.41) is 4.94. The van der Waals surface area contributed by atoms with Gasteiger partial charge in [-0.15, -0.1) is 11.3 Å². The standard InChI is InChI=1S/C15H18N2S/c1-2-12(16-7-1)8-10-3-6-13-14(9-10)18-15(17-13)11-4-5-11/h3,6,9,11-12,16H,1-2,4-5,7-8H2. The molecule has 94 valence electrons. The van der Waals surface area contributed by atoms with Crippen LogP contribution in [0.25, 0.3) is 10.2 Å². The predicted molar refractivity (Wildman–Crippen MR) is 76.3 cm³/mol. The molecule has 2 aliphatic rings. The Balaban J connectivity index is 1.61. The number of hydrogen-bond acceptors (Lipinski definition) is 3. The van der Waals surface area contributed by atoms with E-state index >= 15 is 0 Å². The largest absolute Gasteiger partial charge is 0.314 e. The second-order valence-electron chi connectivity index (χ2n) is 5.63. The van der Waals surface area contributed by atoms with E-state index in [0.29, 0.717) is 6.04 Å². The van der Waals surface area contributed by atoms with Gasteiger partial charge in [-0.05, 0) is 56.3 Å². The summed E-state index contributed by atoms with van der Waals surface area (Å²) in [6.45, 7) is 1.19. The SMILES string of the molecule is c1cc2nc(C3CC3)sc2cc1CC1CCCN1. The summed E-state index contributed by atoms with van der Waals surface area (Å²) in [6.07, 6.45) is 6.53. The summed E-state index contributed by atoms with van der Waals surface area (Å²) in [4.78, 5) is 4.75. The Labute approximate surface area is 111 Å². The first-order chi connectivity index (χ1) is 8.88. The molecule has 1 aromatic heterocycles. The summed E-state index contributed by atoms with van der Waals surface area (Å²) < 4.78 is 1.38. The molecule has 2 aromatic rings. The Morgan fingerprint density at radius 1 is 1.28 bits per heavy atom. The van der Waals surface area contributed by atoms with Gasteiger partial charge >= 0.3 is 0 Å². The normalized spacial score (nSPS) is 23.9. The van der Waals surface area contributed by atoms with Gasteiger partial charge in [0.1, 0.15) is 0 Å². The van der Waals surface area contributed by atoms with Gasteiger partial charge in [-0.25, -0.2) is 4.98 Å². The molecule has 0 radical (unpaired) electrons. The minimum atomic E-state index is 0.693. The highest BCUT2D eigenvalue weighted by molar-refractivity contribution is 7.18. The summed E-state index contributed by atoms with van der Waals surface area (Å²) in [5.74, 6) is 0.780. The van der Waals surface area contributed by atoms with Crippen LogP contribution in [0, 0.1) is 0 Å². The van der Waals surface area contributed by atoms with E-state index in [9.17, 15) is 0 Å². The van der Waals surface area contributed by atoms with Gasteiger partial charge in [-0.3, -0.25) is 0 Å². The Kier molecular flexibility index (Phi) is 2.63.